The third-order valence-electron chi connectivity index (χ3n) is 1.78. The Morgan fingerprint density at radius 2 is 2.38 bits per heavy atom. The standard InChI is InChI=1S/C10H19NO2/c1-3-4-7-10(13)11-9(2)6-5-8-12/h3,9,12H,1,4-8H2,2H3,(H,11,13). The summed E-state index contributed by atoms with van der Waals surface area (Å²) >= 11 is 0. The lowest BCUT2D eigenvalue weighted by Crippen LogP contribution is -2.32. The summed E-state index contributed by atoms with van der Waals surface area (Å²) in [6.07, 6.45) is 4.53. The molecule has 0 aromatic heterocycles. The molecule has 1 unspecified atom stereocenters. The largest absolute Gasteiger partial charge is 0.396 e. The van der Waals surface area contributed by atoms with Gasteiger partial charge in [-0.15, -0.1) is 6.58 Å². The highest BCUT2D eigenvalue weighted by atomic mass is 16.2. The van der Waals surface area contributed by atoms with Crippen LogP contribution in [0.25, 0.3) is 0 Å². The fourth-order valence-corrected chi connectivity index (χ4v) is 1.05. The normalized spacial score (nSPS) is 12.2. The summed E-state index contributed by atoms with van der Waals surface area (Å²) in [6.45, 7) is 5.68. The van der Waals surface area contributed by atoms with Crippen molar-refractivity contribution in [2.45, 2.75) is 38.6 Å². The van der Waals surface area contributed by atoms with Crippen molar-refractivity contribution in [2.75, 3.05) is 6.61 Å². The van der Waals surface area contributed by atoms with Gasteiger partial charge in [0.2, 0.25) is 5.91 Å². The van der Waals surface area contributed by atoms with Crippen LogP contribution in [-0.4, -0.2) is 23.7 Å². The Balaban J connectivity index is 3.46. The average Bonchev–Trinajstić information content (AvgIpc) is 2.11. The van der Waals surface area contributed by atoms with Crippen LogP contribution in [0.2, 0.25) is 0 Å². The lowest BCUT2D eigenvalue weighted by atomic mass is 10.2. The van der Waals surface area contributed by atoms with Crippen LogP contribution in [0.3, 0.4) is 0 Å². The molecule has 0 spiro atoms. The number of aliphatic hydroxyl groups excluding tert-OH is 1. The molecule has 0 aliphatic carbocycles. The van der Waals surface area contributed by atoms with Crippen molar-refractivity contribution in [3.05, 3.63) is 12.7 Å². The maximum atomic E-state index is 11.2. The summed E-state index contributed by atoms with van der Waals surface area (Å²) in [5, 5.41) is 11.4. The first-order valence-corrected chi connectivity index (χ1v) is 4.71. The van der Waals surface area contributed by atoms with Gasteiger partial charge in [-0.2, -0.15) is 0 Å². The molecular formula is C10H19NO2. The molecule has 0 fully saturated rings. The maximum absolute atomic E-state index is 11.2. The van der Waals surface area contributed by atoms with Gasteiger partial charge < -0.3 is 10.4 Å². The van der Waals surface area contributed by atoms with Gasteiger partial charge in [-0.3, -0.25) is 4.79 Å². The predicted molar refractivity (Wildman–Crippen MR) is 53.4 cm³/mol. The zero-order chi connectivity index (χ0) is 10.1. The number of allylic oxidation sites excluding steroid dienone is 1. The lowest BCUT2D eigenvalue weighted by molar-refractivity contribution is -0.121. The number of hydrogen-bond acceptors (Lipinski definition) is 2. The molecule has 0 saturated heterocycles. The van der Waals surface area contributed by atoms with Crippen molar-refractivity contribution in [3.8, 4) is 0 Å². The van der Waals surface area contributed by atoms with Crippen LogP contribution in [0.15, 0.2) is 12.7 Å². The Labute approximate surface area is 79.8 Å². The molecule has 1 amide bonds. The van der Waals surface area contributed by atoms with Crippen molar-refractivity contribution < 1.29 is 9.90 Å². The second-order valence-corrected chi connectivity index (χ2v) is 3.16. The Morgan fingerprint density at radius 1 is 1.69 bits per heavy atom. The van der Waals surface area contributed by atoms with Crippen LogP contribution >= 0.6 is 0 Å². The summed E-state index contributed by atoms with van der Waals surface area (Å²) < 4.78 is 0. The van der Waals surface area contributed by atoms with E-state index in [9.17, 15) is 4.79 Å². The third kappa shape index (κ3) is 7.53. The van der Waals surface area contributed by atoms with Crippen LogP contribution in [0.1, 0.15) is 32.6 Å². The zero-order valence-electron chi connectivity index (χ0n) is 8.25. The van der Waals surface area contributed by atoms with Crippen molar-refractivity contribution in [1.29, 1.82) is 0 Å². The van der Waals surface area contributed by atoms with E-state index < -0.39 is 0 Å². The molecule has 3 heteroatoms. The van der Waals surface area contributed by atoms with Gasteiger partial charge in [0.15, 0.2) is 0 Å². The SMILES string of the molecule is C=CCCC(=O)NC(C)CCCO. The summed E-state index contributed by atoms with van der Waals surface area (Å²) in [4.78, 5) is 11.2. The molecule has 3 nitrogen and oxygen atoms in total. The smallest absolute Gasteiger partial charge is 0.220 e. The number of nitrogens with one attached hydrogen (secondary N) is 1. The van der Waals surface area contributed by atoms with E-state index in [1.807, 2.05) is 6.92 Å². The molecule has 0 aromatic rings. The molecule has 0 rings (SSSR count). The van der Waals surface area contributed by atoms with E-state index in [2.05, 4.69) is 11.9 Å². The fourth-order valence-electron chi connectivity index (χ4n) is 1.05. The molecule has 76 valence electrons. The number of carbonyl (C=O) groups is 1. The number of amides is 1. The molecule has 0 radical (unpaired) electrons. The van der Waals surface area contributed by atoms with Crippen molar-refractivity contribution in [1.82, 2.24) is 5.32 Å². The summed E-state index contributed by atoms with van der Waals surface area (Å²) in [5.41, 5.74) is 0. The third-order valence-corrected chi connectivity index (χ3v) is 1.78. The first-order chi connectivity index (χ1) is 6.20. The minimum atomic E-state index is 0.0605. The highest BCUT2D eigenvalue weighted by molar-refractivity contribution is 5.76. The van der Waals surface area contributed by atoms with E-state index in [4.69, 9.17) is 5.11 Å². The van der Waals surface area contributed by atoms with Crippen molar-refractivity contribution >= 4 is 5.91 Å². The van der Waals surface area contributed by atoms with Crippen LogP contribution in [-0.2, 0) is 4.79 Å². The van der Waals surface area contributed by atoms with Crippen molar-refractivity contribution in [3.63, 3.8) is 0 Å². The van der Waals surface area contributed by atoms with Gasteiger partial charge in [0.25, 0.3) is 0 Å². The first-order valence-electron chi connectivity index (χ1n) is 4.71. The van der Waals surface area contributed by atoms with Crippen LogP contribution < -0.4 is 5.32 Å². The van der Waals surface area contributed by atoms with Gasteiger partial charge in [0.1, 0.15) is 0 Å². The fraction of sp³-hybridized carbons (Fsp3) is 0.700. The quantitative estimate of drug-likeness (QED) is 0.586. The summed E-state index contributed by atoms with van der Waals surface area (Å²) in [5.74, 6) is 0.0605. The Morgan fingerprint density at radius 3 is 2.92 bits per heavy atom. The monoisotopic (exact) mass is 185 g/mol. The molecular weight excluding hydrogens is 166 g/mol. The molecule has 0 aliphatic rings. The van der Waals surface area contributed by atoms with Gasteiger partial charge in [-0.25, -0.2) is 0 Å². The molecule has 0 aromatic carbocycles. The predicted octanol–water partition coefficient (Wildman–Crippen LogP) is 1.23. The second kappa shape index (κ2) is 7.80. The highest BCUT2D eigenvalue weighted by Crippen LogP contribution is 1.97. The summed E-state index contributed by atoms with van der Waals surface area (Å²) in [7, 11) is 0. The number of aliphatic hydroxyl groups is 1. The minimum absolute atomic E-state index is 0.0605. The number of rotatable bonds is 7. The van der Waals surface area contributed by atoms with Gasteiger partial charge in [0, 0.05) is 19.1 Å². The van der Waals surface area contributed by atoms with Crippen LogP contribution in [0, 0.1) is 0 Å². The maximum Gasteiger partial charge on any atom is 0.220 e. The van der Waals surface area contributed by atoms with E-state index in [-0.39, 0.29) is 18.6 Å². The molecule has 0 heterocycles. The average molecular weight is 185 g/mol. The molecule has 0 bridgehead atoms. The minimum Gasteiger partial charge on any atom is -0.396 e. The first kappa shape index (κ1) is 12.2. The van der Waals surface area contributed by atoms with E-state index >= 15 is 0 Å². The van der Waals surface area contributed by atoms with Crippen LogP contribution in [0.4, 0.5) is 0 Å². The summed E-state index contributed by atoms with van der Waals surface area (Å²) in [6, 6.07) is 0.157. The van der Waals surface area contributed by atoms with Crippen molar-refractivity contribution in [2.24, 2.45) is 0 Å². The zero-order valence-corrected chi connectivity index (χ0v) is 8.25. The topological polar surface area (TPSA) is 49.3 Å². The lowest BCUT2D eigenvalue weighted by Gasteiger charge is -2.12. The van der Waals surface area contributed by atoms with Crippen LogP contribution in [0.5, 0.6) is 0 Å². The highest BCUT2D eigenvalue weighted by Gasteiger charge is 2.05. The molecule has 0 saturated carbocycles. The molecule has 13 heavy (non-hydrogen) atoms. The van der Waals surface area contributed by atoms with E-state index in [0.717, 1.165) is 19.3 Å². The van der Waals surface area contributed by atoms with Gasteiger partial charge in [-0.05, 0) is 26.2 Å². The van der Waals surface area contributed by atoms with E-state index in [1.54, 1.807) is 6.08 Å². The molecule has 0 aliphatic heterocycles. The van der Waals surface area contributed by atoms with Gasteiger partial charge >= 0.3 is 0 Å². The number of hydrogen-bond donors (Lipinski definition) is 2. The number of carbonyl (C=O) groups excluding carboxylic acids is 1. The Kier molecular flexibility index (Phi) is 7.30. The second-order valence-electron chi connectivity index (χ2n) is 3.16. The molecule has 1 atom stereocenters. The Bertz CT molecular complexity index is 157. The Hall–Kier alpha value is -0.830. The van der Waals surface area contributed by atoms with Gasteiger partial charge in [-0.1, -0.05) is 6.08 Å². The van der Waals surface area contributed by atoms with E-state index in [1.165, 1.54) is 0 Å². The van der Waals surface area contributed by atoms with Gasteiger partial charge in [0.05, 0.1) is 0 Å². The molecule has 2 N–H and O–H groups in total. The van der Waals surface area contributed by atoms with E-state index in [0.29, 0.717) is 6.42 Å².